The van der Waals surface area contributed by atoms with Crippen LogP contribution in [0.3, 0.4) is 0 Å². The number of para-hydroxylation sites is 2. The monoisotopic (exact) mass is 831 g/mol. The smallest absolute Gasteiger partial charge is 0.132 e. The van der Waals surface area contributed by atoms with Crippen molar-refractivity contribution in [3.05, 3.63) is 229 Å². The second-order valence-corrected chi connectivity index (χ2v) is 17.6. The van der Waals surface area contributed by atoms with Gasteiger partial charge in [0.15, 0.2) is 0 Å². The molecule has 1 aliphatic rings. The molecular formula is C60H41N5. The Morgan fingerprint density at radius 3 is 1.75 bits per heavy atom. The van der Waals surface area contributed by atoms with Crippen LogP contribution in [0.25, 0.3) is 98.3 Å². The van der Waals surface area contributed by atoms with Gasteiger partial charge in [-0.1, -0.05) is 182 Å². The summed E-state index contributed by atoms with van der Waals surface area (Å²) in [6.45, 7) is 0. The van der Waals surface area contributed by atoms with E-state index in [2.05, 4.69) is 239 Å². The fourth-order valence-corrected chi connectivity index (χ4v) is 11.1. The predicted octanol–water partition coefficient (Wildman–Crippen LogP) is 14.6. The number of hydrogen-bond acceptors (Lipinski definition) is 3. The van der Waals surface area contributed by atoms with Crippen molar-refractivity contribution in [3.8, 4) is 16.8 Å². The molecule has 306 valence electrons. The van der Waals surface area contributed by atoms with Gasteiger partial charge in [0.2, 0.25) is 0 Å². The highest BCUT2D eigenvalue weighted by atomic mass is 15.4. The van der Waals surface area contributed by atoms with Crippen LogP contribution >= 0.6 is 0 Å². The van der Waals surface area contributed by atoms with Crippen LogP contribution in [0.2, 0.25) is 0 Å². The minimum atomic E-state index is -0.227. The second-order valence-electron chi connectivity index (χ2n) is 17.6. The maximum atomic E-state index is 5.47. The van der Waals surface area contributed by atoms with Gasteiger partial charge in [0.25, 0.3) is 0 Å². The molecule has 5 nitrogen and oxygen atoms in total. The topological polar surface area (TPSA) is 37.0 Å². The van der Waals surface area contributed by atoms with Gasteiger partial charge in [-0.25, -0.2) is 4.99 Å². The molecule has 5 heteroatoms. The molecule has 0 saturated carbocycles. The molecule has 0 fully saturated rings. The number of benzene rings is 10. The van der Waals surface area contributed by atoms with Crippen molar-refractivity contribution < 1.29 is 0 Å². The Kier molecular flexibility index (Phi) is 7.74. The Bertz CT molecular complexity index is 4030. The fourth-order valence-electron chi connectivity index (χ4n) is 11.1. The molecule has 65 heavy (non-hydrogen) atoms. The van der Waals surface area contributed by atoms with Gasteiger partial charge in [-0.3, -0.25) is 4.90 Å². The number of aliphatic imine (C=N–C) groups is 1. The normalized spacial score (nSPS) is 15.9. The molecule has 3 aromatic heterocycles. The zero-order chi connectivity index (χ0) is 42.8. The van der Waals surface area contributed by atoms with E-state index >= 15 is 0 Å². The Balaban J connectivity index is 0.991. The maximum absolute atomic E-state index is 5.47. The average Bonchev–Trinajstić information content (AvgIpc) is 4.02. The lowest BCUT2D eigenvalue weighted by molar-refractivity contribution is 0.152. The molecule has 1 aliphatic heterocycles. The van der Waals surface area contributed by atoms with E-state index in [0.717, 1.165) is 22.6 Å². The van der Waals surface area contributed by atoms with E-state index in [0.29, 0.717) is 0 Å². The zero-order valence-electron chi connectivity index (χ0n) is 35.7. The molecular weight excluding hydrogens is 791 g/mol. The quantitative estimate of drug-likeness (QED) is 0.188. The van der Waals surface area contributed by atoms with Gasteiger partial charge in [-0.2, -0.15) is 0 Å². The first-order valence-electron chi connectivity index (χ1n) is 22.5. The number of rotatable bonds is 5. The Morgan fingerprint density at radius 1 is 0.415 bits per heavy atom. The highest BCUT2D eigenvalue weighted by Crippen LogP contribution is 2.49. The van der Waals surface area contributed by atoms with Crippen molar-refractivity contribution in [2.24, 2.45) is 4.99 Å². The van der Waals surface area contributed by atoms with E-state index < -0.39 is 0 Å². The lowest BCUT2D eigenvalue weighted by Crippen LogP contribution is -2.45. The summed E-state index contributed by atoms with van der Waals surface area (Å²) >= 11 is 0. The molecule has 13 aromatic rings. The maximum Gasteiger partial charge on any atom is 0.132 e. The van der Waals surface area contributed by atoms with Gasteiger partial charge < -0.3 is 14.3 Å². The molecule has 0 spiro atoms. The number of hydrogen-bond donors (Lipinski definition) is 1. The van der Waals surface area contributed by atoms with Crippen molar-refractivity contribution in [2.75, 3.05) is 7.05 Å². The van der Waals surface area contributed by atoms with E-state index in [4.69, 9.17) is 4.99 Å². The van der Waals surface area contributed by atoms with E-state index in [-0.39, 0.29) is 12.3 Å². The summed E-state index contributed by atoms with van der Waals surface area (Å²) in [5, 5.41) is 16.5. The van der Waals surface area contributed by atoms with Crippen molar-refractivity contribution >= 4 is 87.3 Å². The van der Waals surface area contributed by atoms with Gasteiger partial charge in [0, 0.05) is 43.6 Å². The minimum absolute atomic E-state index is 0.0811. The third kappa shape index (κ3) is 5.27. The number of nitrogens with zero attached hydrogens (tertiary/aromatic N) is 4. The molecule has 0 saturated heterocycles. The van der Waals surface area contributed by atoms with Crippen molar-refractivity contribution in [3.63, 3.8) is 0 Å². The predicted molar refractivity (Wildman–Crippen MR) is 272 cm³/mol. The van der Waals surface area contributed by atoms with Crippen LogP contribution in [0.4, 0.5) is 0 Å². The van der Waals surface area contributed by atoms with Gasteiger partial charge in [-0.05, 0) is 81.2 Å². The Labute approximate surface area is 375 Å². The van der Waals surface area contributed by atoms with Crippen molar-refractivity contribution in [1.29, 1.82) is 0 Å². The first kappa shape index (κ1) is 36.3. The van der Waals surface area contributed by atoms with Crippen molar-refractivity contribution in [2.45, 2.75) is 12.3 Å². The Morgan fingerprint density at radius 2 is 1.00 bits per heavy atom. The van der Waals surface area contributed by atoms with Crippen LogP contribution in [0.1, 0.15) is 29.0 Å². The molecule has 0 aliphatic carbocycles. The summed E-state index contributed by atoms with van der Waals surface area (Å²) < 4.78 is 5.10. The first-order valence-corrected chi connectivity index (χ1v) is 22.5. The summed E-state index contributed by atoms with van der Waals surface area (Å²) in [6, 6.07) is 77.6. The highest BCUT2D eigenvalue weighted by Gasteiger charge is 2.32. The summed E-state index contributed by atoms with van der Waals surface area (Å²) in [6.07, 6.45) is -0.308. The van der Waals surface area contributed by atoms with Crippen LogP contribution in [-0.2, 0) is 0 Å². The number of nitrogens with one attached hydrogen (secondary N) is 1. The standard InChI is InChI=1S/C60H41N5/c1-63-59(40-17-6-3-7-18-40)61-58(39-29-27-38(28-30-39)37-15-4-2-5-16-37)62-60(63)41-31-33-44(34-32-41)64-51-26-13-12-23-48(51)53-45-21-10-11-22-46(45)54-49-25-14-24-47-50-35-42-19-8-9-20-43(42)36-52(50)65(55(47)49)57(54)56(53)64/h2-36,59-60H,1H3,(H,61,62). The molecule has 0 radical (unpaired) electrons. The van der Waals surface area contributed by atoms with E-state index in [9.17, 15) is 0 Å². The number of amidine groups is 1. The molecule has 4 heterocycles. The first-order chi connectivity index (χ1) is 32.2. The van der Waals surface area contributed by atoms with Crippen LogP contribution in [0.15, 0.2) is 217 Å². The molecule has 10 aromatic carbocycles. The molecule has 14 rings (SSSR count). The summed E-state index contributed by atoms with van der Waals surface area (Å²) in [5.74, 6) is 0.882. The van der Waals surface area contributed by atoms with Gasteiger partial charge in [0.1, 0.15) is 18.2 Å². The van der Waals surface area contributed by atoms with Crippen LogP contribution < -0.4 is 5.32 Å². The van der Waals surface area contributed by atoms with E-state index in [1.807, 2.05) is 0 Å². The minimum Gasteiger partial charge on any atom is -0.350 e. The third-order valence-electron chi connectivity index (χ3n) is 14.1. The van der Waals surface area contributed by atoms with Gasteiger partial charge in [0.05, 0.1) is 27.6 Å². The summed E-state index contributed by atoms with van der Waals surface area (Å²) in [5.41, 5.74) is 13.0. The third-order valence-corrected chi connectivity index (χ3v) is 14.1. The number of fused-ring (bicyclic) bond motifs is 14. The van der Waals surface area contributed by atoms with Gasteiger partial charge >= 0.3 is 0 Å². The summed E-state index contributed by atoms with van der Waals surface area (Å²) in [7, 11) is 2.17. The SMILES string of the molecule is CN1C(c2ccc(-n3c4ccccc4c4c5ccccc5c5c6cccc7c8cc9ccccc9cc8n(c76)c5c43)cc2)N=C(c2ccc(-c3ccccc3)cc2)NC1c1ccccc1. The average molecular weight is 832 g/mol. The molecule has 2 unspecified atom stereocenters. The summed E-state index contributed by atoms with van der Waals surface area (Å²) in [4.78, 5) is 7.81. The largest absolute Gasteiger partial charge is 0.350 e. The highest BCUT2D eigenvalue weighted by molar-refractivity contribution is 6.39. The lowest BCUT2D eigenvalue weighted by Gasteiger charge is -2.39. The lowest BCUT2D eigenvalue weighted by atomic mass is 9.97. The van der Waals surface area contributed by atoms with Crippen molar-refractivity contribution in [1.82, 2.24) is 19.2 Å². The van der Waals surface area contributed by atoms with Gasteiger partial charge in [-0.15, -0.1) is 0 Å². The number of aromatic nitrogens is 2. The molecule has 0 bridgehead atoms. The zero-order valence-corrected chi connectivity index (χ0v) is 35.7. The van der Waals surface area contributed by atoms with Crippen LogP contribution in [-0.4, -0.2) is 26.8 Å². The van der Waals surface area contributed by atoms with Crippen LogP contribution in [0, 0.1) is 0 Å². The second kappa shape index (κ2) is 13.9. The molecule has 2 atom stereocenters. The Hall–Kier alpha value is -8.25. The molecule has 0 amide bonds. The molecule has 1 N–H and O–H groups in total. The van der Waals surface area contributed by atoms with Crippen LogP contribution in [0.5, 0.6) is 0 Å². The van der Waals surface area contributed by atoms with E-state index in [1.54, 1.807) is 0 Å². The fraction of sp³-hybridized carbons (Fsp3) is 0.0500. The van der Waals surface area contributed by atoms with E-state index in [1.165, 1.54) is 98.1 Å².